The van der Waals surface area contributed by atoms with Crippen LogP contribution in [0.1, 0.15) is 18.4 Å². The minimum atomic E-state index is -0.204. The summed E-state index contributed by atoms with van der Waals surface area (Å²) in [6.45, 7) is 3.05. The molecular formula is C15H21N3O2S. The summed E-state index contributed by atoms with van der Waals surface area (Å²) in [6, 6.07) is 7.44. The summed E-state index contributed by atoms with van der Waals surface area (Å²) in [7, 11) is 0. The van der Waals surface area contributed by atoms with Gasteiger partial charge in [-0.3, -0.25) is 9.69 Å². The summed E-state index contributed by atoms with van der Waals surface area (Å²) in [5.41, 5.74) is 11.8. The summed E-state index contributed by atoms with van der Waals surface area (Å²) in [6.07, 6.45) is 1.90. The van der Waals surface area contributed by atoms with Crippen LogP contribution in [0, 0.1) is 5.92 Å². The number of carbonyl (C=O) groups is 1. The van der Waals surface area contributed by atoms with Gasteiger partial charge in [-0.25, -0.2) is 0 Å². The van der Waals surface area contributed by atoms with E-state index in [2.05, 4.69) is 4.90 Å². The molecular weight excluding hydrogens is 286 g/mol. The fraction of sp³-hybridized carbons (Fsp3) is 0.467. The smallest absolute Gasteiger partial charge is 0.221 e. The van der Waals surface area contributed by atoms with Crippen molar-refractivity contribution in [3.63, 3.8) is 0 Å². The van der Waals surface area contributed by atoms with E-state index in [-0.39, 0.29) is 11.8 Å². The number of likely N-dealkylation sites (tertiary alicyclic amines) is 1. The monoisotopic (exact) mass is 307 g/mol. The van der Waals surface area contributed by atoms with E-state index >= 15 is 0 Å². The van der Waals surface area contributed by atoms with Crippen LogP contribution in [0.15, 0.2) is 24.3 Å². The van der Waals surface area contributed by atoms with Crippen molar-refractivity contribution in [1.29, 1.82) is 0 Å². The first-order chi connectivity index (χ1) is 10.1. The second-order valence-electron chi connectivity index (χ2n) is 5.28. The Morgan fingerprint density at radius 1 is 1.43 bits per heavy atom. The number of hydrogen-bond donors (Lipinski definition) is 2. The van der Waals surface area contributed by atoms with Crippen LogP contribution in [0.25, 0.3) is 0 Å². The van der Waals surface area contributed by atoms with E-state index in [0.29, 0.717) is 11.6 Å². The Balaban J connectivity index is 1.80. The number of hydrogen-bond acceptors (Lipinski definition) is 4. The Labute approximate surface area is 130 Å². The quantitative estimate of drug-likeness (QED) is 0.763. The van der Waals surface area contributed by atoms with Gasteiger partial charge in [-0.1, -0.05) is 24.4 Å². The van der Waals surface area contributed by atoms with Crippen LogP contribution in [-0.4, -0.2) is 42.0 Å². The minimum Gasteiger partial charge on any atom is -0.492 e. The molecule has 1 amide bonds. The molecule has 21 heavy (non-hydrogen) atoms. The fourth-order valence-electron chi connectivity index (χ4n) is 2.52. The van der Waals surface area contributed by atoms with Crippen molar-refractivity contribution in [2.24, 2.45) is 17.4 Å². The molecule has 4 N–H and O–H groups in total. The Hall–Kier alpha value is -1.66. The number of rotatable bonds is 6. The highest BCUT2D eigenvalue weighted by Crippen LogP contribution is 2.16. The highest BCUT2D eigenvalue weighted by Gasteiger charge is 2.23. The first kappa shape index (κ1) is 15.7. The number of amides is 1. The van der Waals surface area contributed by atoms with Crippen LogP contribution in [0.4, 0.5) is 0 Å². The van der Waals surface area contributed by atoms with Crippen molar-refractivity contribution < 1.29 is 9.53 Å². The molecule has 114 valence electrons. The Bertz CT molecular complexity index is 521. The summed E-state index contributed by atoms with van der Waals surface area (Å²) in [5.74, 6) is 0.519. The number of carbonyl (C=O) groups excluding carboxylic acids is 1. The van der Waals surface area contributed by atoms with Gasteiger partial charge in [0.15, 0.2) is 0 Å². The molecule has 1 aliphatic heterocycles. The van der Waals surface area contributed by atoms with Crippen molar-refractivity contribution in [3.05, 3.63) is 29.8 Å². The van der Waals surface area contributed by atoms with Gasteiger partial charge in [0.2, 0.25) is 5.91 Å². The van der Waals surface area contributed by atoms with E-state index in [1.54, 1.807) is 0 Å². The van der Waals surface area contributed by atoms with Gasteiger partial charge < -0.3 is 16.2 Å². The second-order valence-corrected chi connectivity index (χ2v) is 5.72. The topological polar surface area (TPSA) is 81.6 Å². The number of nitrogens with zero attached hydrogens (tertiary/aromatic N) is 1. The van der Waals surface area contributed by atoms with E-state index < -0.39 is 0 Å². The maximum atomic E-state index is 11.2. The lowest BCUT2D eigenvalue weighted by Gasteiger charge is -2.30. The molecule has 1 heterocycles. The molecule has 2 rings (SSSR count). The summed E-state index contributed by atoms with van der Waals surface area (Å²) >= 11 is 4.94. The van der Waals surface area contributed by atoms with E-state index in [1.165, 1.54) is 0 Å². The molecule has 0 aromatic heterocycles. The zero-order chi connectivity index (χ0) is 15.2. The third-order valence-corrected chi connectivity index (χ3v) is 3.94. The predicted molar refractivity (Wildman–Crippen MR) is 86.2 cm³/mol. The van der Waals surface area contributed by atoms with Gasteiger partial charge in [-0.05, 0) is 31.5 Å². The van der Waals surface area contributed by atoms with Gasteiger partial charge in [0.1, 0.15) is 17.3 Å². The average Bonchev–Trinajstić information content (AvgIpc) is 2.48. The van der Waals surface area contributed by atoms with Crippen molar-refractivity contribution in [2.45, 2.75) is 12.8 Å². The van der Waals surface area contributed by atoms with Crippen LogP contribution in [0.3, 0.4) is 0 Å². The molecule has 6 heteroatoms. The van der Waals surface area contributed by atoms with E-state index in [4.69, 9.17) is 28.4 Å². The number of thiocarbonyl (C=S) groups is 1. The zero-order valence-corrected chi connectivity index (χ0v) is 12.8. The van der Waals surface area contributed by atoms with E-state index in [0.717, 1.165) is 43.8 Å². The van der Waals surface area contributed by atoms with Crippen molar-refractivity contribution in [1.82, 2.24) is 4.90 Å². The van der Waals surface area contributed by atoms with E-state index in [9.17, 15) is 4.79 Å². The van der Waals surface area contributed by atoms with Gasteiger partial charge in [-0.15, -0.1) is 0 Å². The highest BCUT2D eigenvalue weighted by atomic mass is 32.1. The van der Waals surface area contributed by atoms with Crippen molar-refractivity contribution >= 4 is 23.1 Å². The van der Waals surface area contributed by atoms with Crippen molar-refractivity contribution in [2.75, 3.05) is 26.2 Å². The molecule has 0 spiro atoms. The number of piperidine rings is 1. The lowest BCUT2D eigenvalue weighted by molar-refractivity contribution is -0.123. The molecule has 0 radical (unpaired) electrons. The number of benzene rings is 1. The predicted octanol–water partition coefficient (Wildman–Crippen LogP) is 0.897. The molecule has 5 nitrogen and oxygen atoms in total. The normalized spacial score (nSPS) is 19.1. The van der Waals surface area contributed by atoms with Gasteiger partial charge in [0.05, 0.1) is 5.92 Å². The molecule has 1 aromatic rings. The summed E-state index contributed by atoms with van der Waals surface area (Å²) in [5, 5.41) is 0. The van der Waals surface area contributed by atoms with Crippen LogP contribution in [0.5, 0.6) is 5.75 Å². The first-order valence-corrected chi connectivity index (χ1v) is 7.51. The van der Waals surface area contributed by atoms with E-state index in [1.807, 2.05) is 24.3 Å². The molecule has 1 fully saturated rings. The van der Waals surface area contributed by atoms with Crippen LogP contribution >= 0.6 is 12.2 Å². The summed E-state index contributed by atoms with van der Waals surface area (Å²) < 4.78 is 5.72. The third kappa shape index (κ3) is 4.68. The molecule has 1 aliphatic rings. The lowest BCUT2D eigenvalue weighted by atomic mass is 9.98. The second kappa shape index (κ2) is 7.38. The van der Waals surface area contributed by atoms with Gasteiger partial charge in [0, 0.05) is 18.7 Å². The maximum Gasteiger partial charge on any atom is 0.221 e. The molecule has 1 unspecified atom stereocenters. The molecule has 1 saturated heterocycles. The molecule has 1 atom stereocenters. The van der Waals surface area contributed by atoms with Crippen LogP contribution < -0.4 is 16.2 Å². The highest BCUT2D eigenvalue weighted by molar-refractivity contribution is 7.80. The number of primary amides is 1. The molecule has 0 saturated carbocycles. The molecule has 1 aromatic carbocycles. The SMILES string of the molecule is NC(=O)C1CCCN(CCOc2cccc(C(N)=S)c2)C1. The molecule has 0 bridgehead atoms. The number of ether oxygens (including phenoxy) is 1. The minimum absolute atomic E-state index is 0.0308. The Morgan fingerprint density at radius 3 is 2.95 bits per heavy atom. The van der Waals surface area contributed by atoms with Gasteiger partial charge in [-0.2, -0.15) is 0 Å². The van der Waals surface area contributed by atoms with Crippen LogP contribution in [0.2, 0.25) is 0 Å². The Morgan fingerprint density at radius 2 is 2.24 bits per heavy atom. The van der Waals surface area contributed by atoms with Crippen molar-refractivity contribution in [3.8, 4) is 5.75 Å². The average molecular weight is 307 g/mol. The fourth-order valence-corrected chi connectivity index (χ4v) is 2.65. The summed E-state index contributed by atoms with van der Waals surface area (Å²) in [4.78, 5) is 13.8. The first-order valence-electron chi connectivity index (χ1n) is 7.10. The maximum absolute atomic E-state index is 11.2. The Kier molecular flexibility index (Phi) is 5.52. The lowest BCUT2D eigenvalue weighted by Crippen LogP contribution is -2.42. The third-order valence-electron chi connectivity index (χ3n) is 3.70. The largest absolute Gasteiger partial charge is 0.492 e. The molecule has 0 aliphatic carbocycles. The van der Waals surface area contributed by atoms with Crippen LogP contribution in [-0.2, 0) is 4.79 Å². The zero-order valence-electron chi connectivity index (χ0n) is 12.0. The van der Waals surface area contributed by atoms with Gasteiger partial charge >= 0.3 is 0 Å². The standard InChI is InChI=1S/C15H21N3O2S/c16-14(19)12-4-2-6-18(10-12)7-8-20-13-5-1-3-11(9-13)15(17)21/h1,3,5,9,12H,2,4,6-8,10H2,(H2,16,19)(H2,17,21). The number of nitrogens with two attached hydrogens (primary N) is 2. The van der Waals surface area contributed by atoms with Gasteiger partial charge in [0.25, 0.3) is 0 Å².